The second-order valence-corrected chi connectivity index (χ2v) is 5.58. The molecule has 0 spiro atoms. The average molecular weight is 333 g/mol. The van der Waals surface area contributed by atoms with E-state index >= 15 is 0 Å². The Balaban J connectivity index is 2.19. The number of nitro groups is 1. The molecule has 1 atom stereocenters. The Morgan fingerprint density at radius 3 is 2.74 bits per heavy atom. The molecule has 1 aliphatic rings. The van der Waals surface area contributed by atoms with Crippen molar-refractivity contribution in [2.45, 2.75) is 24.6 Å². The van der Waals surface area contributed by atoms with Gasteiger partial charge >= 0.3 is 6.18 Å². The van der Waals surface area contributed by atoms with Gasteiger partial charge in [-0.1, -0.05) is 0 Å². The minimum atomic E-state index is -4.78. The van der Waals surface area contributed by atoms with Gasteiger partial charge in [-0.15, -0.1) is 0 Å². The van der Waals surface area contributed by atoms with E-state index in [1.54, 1.807) is 7.11 Å². The van der Waals surface area contributed by atoms with Gasteiger partial charge in [0.25, 0.3) is 5.69 Å². The largest absolute Gasteiger partial charge is 0.423 e. The normalized spacial score (nSPS) is 21.4. The van der Waals surface area contributed by atoms with Crippen LogP contribution in [0.2, 0.25) is 0 Å². The Hall–Kier alpha value is -1.87. The molecule has 1 heterocycles. The van der Waals surface area contributed by atoms with Crippen molar-refractivity contribution in [1.29, 1.82) is 0 Å². The summed E-state index contributed by atoms with van der Waals surface area (Å²) in [7, 11) is 1.56. The van der Waals surface area contributed by atoms with Crippen molar-refractivity contribution in [1.82, 2.24) is 5.32 Å². The number of hydrogen-bond donors (Lipinski definition) is 2. The topological polar surface area (TPSA) is 76.4 Å². The first kappa shape index (κ1) is 17.5. The molecule has 1 aromatic rings. The number of nitro benzene ring substituents is 1. The molecule has 128 valence electrons. The summed E-state index contributed by atoms with van der Waals surface area (Å²) in [5, 5.41) is 17.0. The lowest BCUT2D eigenvalue weighted by Crippen LogP contribution is -2.49. The Bertz CT molecular complexity index is 572. The smallest absolute Gasteiger partial charge is 0.383 e. The highest BCUT2D eigenvalue weighted by Crippen LogP contribution is 2.37. The molecule has 0 aromatic heterocycles. The van der Waals surface area contributed by atoms with Crippen LogP contribution in [0.15, 0.2) is 18.2 Å². The van der Waals surface area contributed by atoms with Crippen LogP contribution in [0.25, 0.3) is 0 Å². The van der Waals surface area contributed by atoms with Crippen LogP contribution < -0.4 is 10.6 Å². The van der Waals surface area contributed by atoms with Gasteiger partial charge < -0.3 is 15.4 Å². The number of nitrogens with one attached hydrogen (secondary N) is 2. The third-order valence-corrected chi connectivity index (χ3v) is 3.88. The van der Waals surface area contributed by atoms with Crippen LogP contribution in [0.1, 0.15) is 18.4 Å². The maximum atomic E-state index is 13.0. The summed E-state index contributed by atoms with van der Waals surface area (Å²) in [4.78, 5) is 9.71. The van der Waals surface area contributed by atoms with Gasteiger partial charge in [0.05, 0.1) is 17.1 Å². The van der Waals surface area contributed by atoms with Gasteiger partial charge in [0.1, 0.15) is 5.56 Å². The van der Waals surface area contributed by atoms with Crippen LogP contribution >= 0.6 is 0 Å². The molecular weight excluding hydrogens is 315 g/mol. The fourth-order valence-electron chi connectivity index (χ4n) is 2.77. The second kappa shape index (κ2) is 6.71. The molecule has 0 radical (unpaired) electrons. The minimum absolute atomic E-state index is 0.187. The number of benzene rings is 1. The predicted molar refractivity (Wildman–Crippen MR) is 78.4 cm³/mol. The molecule has 0 aliphatic carbocycles. The van der Waals surface area contributed by atoms with Crippen molar-refractivity contribution < 1.29 is 22.8 Å². The molecule has 6 nitrogen and oxygen atoms in total. The summed E-state index contributed by atoms with van der Waals surface area (Å²) in [6.07, 6.45) is -2.98. The highest BCUT2D eigenvalue weighted by molar-refractivity contribution is 5.55. The lowest BCUT2D eigenvalue weighted by molar-refractivity contribution is -0.388. The molecule has 1 aliphatic heterocycles. The van der Waals surface area contributed by atoms with Crippen molar-refractivity contribution in [3.63, 3.8) is 0 Å². The van der Waals surface area contributed by atoms with Crippen molar-refractivity contribution >= 4 is 11.4 Å². The zero-order valence-electron chi connectivity index (χ0n) is 12.6. The van der Waals surface area contributed by atoms with Crippen molar-refractivity contribution in [3.05, 3.63) is 33.9 Å². The van der Waals surface area contributed by atoms with Crippen molar-refractivity contribution in [3.8, 4) is 0 Å². The number of nitrogens with zero attached hydrogens (tertiary/aromatic N) is 1. The Labute approximate surface area is 131 Å². The summed E-state index contributed by atoms with van der Waals surface area (Å²) in [6, 6.07) is 2.92. The van der Waals surface area contributed by atoms with E-state index in [0.29, 0.717) is 13.2 Å². The van der Waals surface area contributed by atoms with Gasteiger partial charge in [-0.25, -0.2) is 0 Å². The summed E-state index contributed by atoms with van der Waals surface area (Å²) in [5.74, 6) is 0. The van der Waals surface area contributed by atoms with Gasteiger partial charge in [0.15, 0.2) is 0 Å². The molecule has 1 saturated heterocycles. The van der Waals surface area contributed by atoms with Gasteiger partial charge in [-0.3, -0.25) is 10.1 Å². The molecule has 2 rings (SSSR count). The maximum absolute atomic E-state index is 13.0. The number of rotatable bonds is 6. The number of ether oxygens (including phenoxy) is 1. The van der Waals surface area contributed by atoms with E-state index in [1.807, 2.05) is 0 Å². The van der Waals surface area contributed by atoms with E-state index in [4.69, 9.17) is 4.74 Å². The number of anilines is 1. The zero-order valence-corrected chi connectivity index (χ0v) is 12.6. The van der Waals surface area contributed by atoms with Crippen molar-refractivity contribution in [2.24, 2.45) is 0 Å². The number of alkyl halides is 3. The molecule has 0 saturated carbocycles. The second-order valence-electron chi connectivity index (χ2n) is 5.58. The van der Waals surface area contributed by atoms with E-state index < -0.39 is 22.4 Å². The van der Waals surface area contributed by atoms with Gasteiger partial charge in [0.2, 0.25) is 0 Å². The quantitative estimate of drug-likeness (QED) is 0.618. The molecule has 0 amide bonds. The number of halogens is 3. The number of hydrogen-bond acceptors (Lipinski definition) is 5. The SMILES string of the molecule is COCC1(CNc2ccc([N+](=O)[O-])c(C(F)(F)F)c2)CCCN1. The van der Waals surface area contributed by atoms with E-state index in [2.05, 4.69) is 10.6 Å². The van der Waals surface area contributed by atoms with Crippen LogP contribution in [0.3, 0.4) is 0 Å². The van der Waals surface area contributed by atoms with E-state index in [-0.39, 0.29) is 11.2 Å². The third kappa shape index (κ3) is 4.11. The van der Waals surface area contributed by atoms with E-state index in [1.165, 1.54) is 6.07 Å². The summed E-state index contributed by atoms with van der Waals surface area (Å²) >= 11 is 0. The molecule has 9 heteroatoms. The lowest BCUT2D eigenvalue weighted by atomic mass is 9.98. The van der Waals surface area contributed by atoms with Crippen LogP contribution in [0, 0.1) is 10.1 Å². The molecule has 0 bridgehead atoms. The van der Waals surface area contributed by atoms with Crippen LogP contribution in [0.4, 0.5) is 24.5 Å². The monoisotopic (exact) mass is 333 g/mol. The molecule has 1 aromatic carbocycles. The Morgan fingerprint density at radius 1 is 1.48 bits per heavy atom. The molecule has 1 unspecified atom stereocenters. The number of methoxy groups -OCH3 is 1. The predicted octanol–water partition coefficient (Wildman–Crippen LogP) is 2.79. The average Bonchev–Trinajstić information content (AvgIpc) is 2.93. The fourth-order valence-corrected chi connectivity index (χ4v) is 2.77. The Morgan fingerprint density at radius 2 is 2.22 bits per heavy atom. The minimum Gasteiger partial charge on any atom is -0.383 e. The van der Waals surface area contributed by atoms with Gasteiger partial charge in [-0.2, -0.15) is 13.2 Å². The first-order valence-electron chi connectivity index (χ1n) is 7.11. The third-order valence-electron chi connectivity index (χ3n) is 3.88. The fraction of sp³-hybridized carbons (Fsp3) is 0.571. The molecular formula is C14H18F3N3O3. The Kier molecular flexibility index (Phi) is 5.10. The van der Waals surface area contributed by atoms with Crippen LogP contribution in [0.5, 0.6) is 0 Å². The van der Waals surface area contributed by atoms with E-state index in [0.717, 1.165) is 31.5 Å². The first-order chi connectivity index (χ1) is 10.8. The summed E-state index contributed by atoms with van der Waals surface area (Å²) in [6.45, 7) is 1.62. The van der Waals surface area contributed by atoms with Gasteiger partial charge in [0, 0.05) is 25.4 Å². The molecule has 2 N–H and O–H groups in total. The van der Waals surface area contributed by atoms with E-state index in [9.17, 15) is 23.3 Å². The van der Waals surface area contributed by atoms with Gasteiger partial charge in [-0.05, 0) is 31.5 Å². The molecule has 1 fully saturated rings. The summed E-state index contributed by atoms with van der Waals surface area (Å²) in [5.41, 5.74) is -2.36. The molecule has 23 heavy (non-hydrogen) atoms. The van der Waals surface area contributed by atoms with Crippen molar-refractivity contribution in [2.75, 3.05) is 32.1 Å². The summed E-state index contributed by atoms with van der Waals surface area (Å²) < 4.78 is 44.1. The zero-order chi connectivity index (χ0) is 17.1. The highest BCUT2D eigenvalue weighted by Gasteiger charge is 2.39. The first-order valence-corrected chi connectivity index (χ1v) is 7.11. The van der Waals surface area contributed by atoms with Crippen LogP contribution in [-0.4, -0.2) is 37.3 Å². The lowest BCUT2D eigenvalue weighted by Gasteiger charge is -2.29. The van der Waals surface area contributed by atoms with Crippen LogP contribution in [-0.2, 0) is 10.9 Å². The standard InChI is InChI=1S/C14H18F3N3O3/c1-23-9-13(5-2-6-19-13)8-18-10-3-4-12(20(21)22)11(7-10)14(15,16)17/h3-4,7,18-19H,2,5-6,8-9H2,1H3. The highest BCUT2D eigenvalue weighted by atomic mass is 19.4. The maximum Gasteiger partial charge on any atom is 0.423 e.